The molecule has 0 amide bonds. The molecule has 3 nitrogen and oxygen atoms in total. The van der Waals surface area contributed by atoms with Crippen molar-refractivity contribution in [1.82, 2.24) is 5.43 Å². The molecule has 3 N–H and O–H groups in total. The average Bonchev–Trinajstić information content (AvgIpc) is 2.26. The van der Waals surface area contributed by atoms with Crippen LogP contribution in [0.5, 0.6) is 0 Å². The molecule has 1 aromatic carbocycles. The zero-order chi connectivity index (χ0) is 11.3. The fraction of sp³-hybridized carbons (Fsp3) is 0.273. The van der Waals surface area contributed by atoms with Crippen LogP contribution in [0.3, 0.4) is 0 Å². The first-order valence-corrected chi connectivity index (χ1v) is 5.23. The van der Waals surface area contributed by atoms with E-state index in [1.165, 1.54) is 5.56 Å². The molecule has 0 bridgehead atoms. The van der Waals surface area contributed by atoms with Gasteiger partial charge in [-0.25, -0.2) is 0 Å². The van der Waals surface area contributed by atoms with E-state index in [9.17, 15) is 0 Å². The Balaban J connectivity index is 2.77. The molecule has 4 heteroatoms. The quantitative estimate of drug-likeness (QED) is 0.465. The van der Waals surface area contributed by atoms with E-state index in [4.69, 9.17) is 5.73 Å². The molecule has 15 heavy (non-hydrogen) atoms. The van der Waals surface area contributed by atoms with E-state index < -0.39 is 0 Å². The molecule has 0 saturated heterocycles. The highest BCUT2D eigenvalue weighted by Crippen LogP contribution is 2.05. The maximum atomic E-state index is 5.28. The second kappa shape index (κ2) is 5.46. The lowest BCUT2D eigenvalue weighted by molar-refractivity contribution is 1.03. The molecule has 0 spiro atoms. The van der Waals surface area contributed by atoms with E-state index in [0.717, 1.165) is 17.7 Å². The summed E-state index contributed by atoms with van der Waals surface area (Å²) >= 11 is 4.66. The molecule has 1 aromatic rings. The number of nitrogens with two attached hydrogens (primary N) is 1. The highest BCUT2D eigenvalue weighted by molar-refractivity contribution is 7.80. The van der Waals surface area contributed by atoms with Crippen molar-refractivity contribution < 1.29 is 0 Å². The van der Waals surface area contributed by atoms with Gasteiger partial charge in [0, 0.05) is 0 Å². The monoisotopic (exact) mass is 221 g/mol. The van der Waals surface area contributed by atoms with Crippen molar-refractivity contribution in [2.45, 2.75) is 20.3 Å². The number of aryl methyl sites for hydroxylation is 1. The molecule has 0 aliphatic rings. The van der Waals surface area contributed by atoms with E-state index in [-0.39, 0.29) is 5.11 Å². The number of nitrogens with one attached hydrogen (secondary N) is 1. The van der Waals surface area contributed by atoms with Crippen molar-refractivity contribution >= 4 is 23.0 Å². The second-order valence-corrected chi connectivity index (χ2v) is 3.66. The first-order valence-electron chi connectivity index (χ1n) is 4.82. The van der Waals surface area contributed by atoms with Crippen molar-refractivity contribution in [2.75, 3.05) is 0 Å². The van der Waals surface area contributed by atoms with Gasteiger partial charge in [-0.2, -0.15) is 5.10 Å². The summed E-state index contributed by atoms with van der Waals surface area (Å²) in [6, 6.07) is 8.27. The van der Waals surface area contributed by atoms with Crippen LogP contribution in [-0.2, 0) is 6.42 Å². The van der Waals surface area contributed by atoms with Gasteiger partial charge in [-0.15, -0.1) is 0 Å². The Hall–Kier alpha value is -1.42. The lowest BCUT2D eigenvalue weighted by Crippen LogP contribution is -2.25. The van der Waals surface area contributed by atoms with Crippen molar-refractivity contribution in [3.8, 4) is 0 Å². The van der Waals surface area contributed by atoms with Gasteiger partial charge in [-0.1, -0.05) is 31.2 Å². The smallest absolute Gasteiger partial charge is 0.184 e. The van der Waals surface area contributed by atoms with Crippen molar-refractivity contribution in [3.63, 3.8) is 0 Å². The number of hydrazone groups is 1. The average molecular weight is 221 g/mol. The van der Waals surface area contributed by atoms with Crippen molar-refractivity contribution in [1.29, 1.82) is 0 Å². The fourth-order valence-corrected chi connectivity index (χ4v) is 1.23. The molecule has 0 aliphatic heterocycles. The Bertz CT molecular complexity index is 368. The van der Waals surface area contributed by atoms with Crippen LogP contribution in [0.2, 0.25) is 0 Å². The third-order valence-electron chi connectivity index (χ3n) is 2.11. The Morgan fingerprint density at radius 2 is 2.00 bits per heavy atom. The highest BCUT2D eigenvalue weighted by Gasteiger charge is 1.97. The summed E-state index contributed by atoms with van der Waals surface area (Å²) in [6.07, 6.45) is 1.04. The molecule has 0 aromatic heterocycles. The third-order valence-corrected chi connectivity index (χ3v) is 2.21. The van der Waals surface area contributed by atoms with Crippen LogP contribution in [0, 0.1) is 0 Å². The second-order valence-electron chi connectivity index (χ2n) is 3.22. The SMILES string of the molecule is CCc1ccc(/C(C)=N\NC(N)=S)cc1. The molecule has 0 saturated carbocycles. The van der Waals surface area contributed by atoms with Crippen LogP contribution in [0.15, 0.2) is 29.4 Å². The summed E-state index contributed by atoms with van der Waals surface area (Å²) in [5.74, 6) is 0. The standard InChI is InChI=1S/C11H15N3S/c1-3-9-4-6-10(7-5-9)8(2)13-14-11(12)15/h4-7H,3H2,1-2H3,(H3,12,14,15)/b13-8-. The van der Waals surface area contributed by atoms with Crippen LogP contribution in [0.4, 0.5) is 0 Å². The number of hydrogen-bond donors (Lipinski definition) is 2. The highest BCUT2D eigenvalue weighted by atomic mass is 32.1. The van der Waals surface area contributed by atoms with Crippen LogP contribution in [-0.4, -0.2) is 10.8 Å². The normalized spacial score (nSPS) is 11.2. The number of nitrogens with zero attached hydrogens (tertiary/aromatic N) is 1. The lowest BCUT2D eigenvalue weighted by Gasteiger charge is -2.03. The van der Waals surface area contributed by atoms with Crippen LogP contribution < -0.4 is 11.2 Å². The topological polar surface area (TPSA) is 50.4 Å². The Kier molecular flexibility index (Phi) is 4.24. The van der Waals surface area contributed by atoms with Crippen LogP contribution >= 0.6 is 12.2 Å². The van der Waals surface area contributed by atoms with Crippen molar-refractivity contribution in [3.05, 3.63) is 35.4 Å². The molecule has 0 heterocycles. The van der Waals surface area contributed by atoms with Crippen LogP contribution in [0.1, 0.15) is 25.0 Å². The minimum Gasteiger partial charge on any atom is -0.375 e. The first kappa shape index (κ1) is 11.7. The minimum atomic E-state index is 0.180. The number of rotatable bonds is 3. The molecular weight excluding hydrogens is 206 g/mol. The molecule has 0 fully saturated rings. The number of benzene rings is 1. The molecule has 0 aliphatic carbocycles. The molecule has 0 radical (unpaired) electrons. The van der Waals surface area contributed by atoms with E-state index >= 15 is 0 Å². The zero-order valence-electron chi connectivity index (χ0n) is 8.95. The minimum absolute atomic E-state index is 0.180. The van der Waals surface area contributed by atoms with E-state index in [0.29, 0.717) is 0 Å². The summed E-state index contributed by atoms with van der Waals surface area (Å²) in [6.45, 7) is 4.04. The van der Waals surface area contributed by atoms with Gasteiger partial charge in [0.2, 0.25) is 0 Å². The van der Waals surface area contributed by atoms with E-state index in [2.05, 4.69) is 41.8 Å². The predicted molar refractivity (Wildman–Crippen MR) is 68.0 cm³/mol. The molecular formula is C11H15N3S. The van der Waals surface area contributed by atoms with Gasteiger partial charge in [0.25, 0.3) is 0 Å². The molecule has 0 atom stereocenters. The van der Waals surface area contributed by atoms with Gasteiger partial charge >= 0.3 is 0 Å². The summed E-state index contributed by atoms with van der Waals surface area (Å²) in [4.78, 5) is 0. The maximum absolute atomic E-state index is 5.28. The molecule has 0 unspecified atom stereocenters. The molecule has 1 rings (SSSR count). The third kappa shape index (κ3) is 3.67. The Labute approximate surface area is 95.4 Å². The Morgan fingerprint density at radius 1 is 1.40 bits per heavy atom. The predicted octanol–water partition coefficient (Wildman–Crippen LogP) is 1.81. The summed E-state index contributed by atoms with van der Waals surface area (Å²) in [5.41, 5.74) is 11.1. The van der Waals surface area contributed by atoms with E-state index in [1.807, 2.05) is 19.1 Å². The van der Waals surface area contributed by atoms with Gasteiger partial charge < -0.3 is 5.73 Å². The van der Waals surface area contributed by atoms with Gasteiger partial charge in [-0.05, 0) is 36.7 Å². The van der Waals surface area contributed by atoms with E-state index in [1.54, 1.807) is 0 Å². The lowest BCUT2D eigenvalue weighted by atomic mass is 10.1. The maximum Gasteiger partial charge on any atom is 0.184 e. The Morgan fingerprint density at radius 3 is 2.47 bits per heavy atom. The van der Waals surface area contributed by atoms with Gasteiger partial charge in [0.05, 0.1) is 5.71 Å². The summed E-state index contributed by atoms with van der Waals surface area (Å²) in [5, 5.41) is 4.23. The largest absolute Gasteiger partial charge is 0.375 e. The van der Waals surface area contributed by atoms with Gasteiger partial charge in [0.1, 0.15) is 0 Å². The van der Waals surface area contributed by atoms with Crippen molar-refractivity contribution in [2.24, 2.45) is 10.8 Å². The zero-order valence-corrected chi connectivity index (χ0v) is 9.77. The summed E-state index contributed by atoms with van der Waals surface area (Å²) < 4.78 is 0. The first-order chi connectivity index (χ1) is 7.13. The van der Waals surface area contributed by atoms with Gasteiger partial charge in [-0.3, -0.25) is 5.43 Å². The number of thiocarbonyl (C=S) groups is 1. The fourth-order valence-electron chi connectivity index (χ4n) is 1.19. The van der Waals surface area contributed by atoms with Gasteiger partial charge in [0.15, 0.2) is 5.11 Å². The summed E-state index contributed by atoms with van der Waals surface area (Å²) in [7, 11) is 0. The number of hydrogen-bond acceptors (Lipinski definition) is 2. The van der Waals surface area contributed by atoms with Crippen LogP contribution in [0.25, 0.3) is 0 Å². The molecule has 80 valence electrons.